The first kappa shape index (κ1) is 18.3. The number of aromatic nitrogens is 2. The van der Waals surface area contributed by atoms with Crippen LogP contribution in [-0.2, 0) is 19.4 Å². The Morgan fingerprint density at radius 2 is 1.88 bits per heavy atom. The van der Waals surface area contributed by atoms with Crippen LogP contribution in [-0.4, -0.2) is 22.8 Å². The highest BCUT2D eigenvalue weighted by atomic mass is 16.2. The van der Waals surface area contributed by atoms with Crippen molar-refractivity contribution in [2.45, 2.75) is 33.2 Å². The number of aromatic amines is 1. The van der Waals surface area contributed by atoms with Gasteiger partial charge in [0.25, 0.3) is 5.56 Å². The van der Waals surface area contributed by atoms with Gasteiger partial charge in [0, 0.05) is 11.1 Å². The minimum absolute atomic E-state index is 0.159. The van der Waals surface area contributed by atoms with Crippen molar-refractivity contribution in [3.63, 3.8) is 0 Å². The molecule has 6 nitrogen and oxygen atoms in total. The lowest BCUT2D eigenvalue weighted by Gasteiger charge is -2.11. The summed E-state index contributed by atoms with van der Waals surface area (Å²) >= 11 is 0. The number of hydrogen-bond donors (Lipinski definition) is 3. The minimum Gasteiger partial charge on any atom is -0.334 e. The van der Waals surface area contributed by atoms with E-state index in [4.69, 9.17) is 0 Å². The summed E-state index contributed by atoms with van der Waals surface area (Å²) in [5.74, 6) is 5.84. The Labute approximate surface area is 147 Å². The number of nitrogens with zero attached hydrogens (tertiary/aromatic N) is 1. The molecule has 0 aliphatic rings. The molecule has 0 saturated heterocycles. The van der Waals surface area contributed by atoms with Crippen molar-refractivity contribution >= 4 is 6.03 Å². The molecule has 2 amide bonds. The van der Waals surface area contributed by atoms with E-state index in [1.54, 1.807) is 0 Å². The normalized spacial score (nSPS) is 9.84. The van der Waals surface area contributed by atoms with E-state index in [-0.39, 0.29) is 24.7 Å². The maximum atomic E-state index is 12.0. The van der Waals surface area contributed by atoms with Gasteiger partial charge in [0.05, 0.1) is 18.8 Å². The van der Waals surface area contributed by atoms with Gasteiger partial charge in [-0.05, 0) is 30.5 Å². The molecule has 25 heavy (non-hydrogen) atoms. The van der Waals surface area contributed by atoms with Gasteiger partial charge < -0.3 is 10.6 Å². The van der Waals surface area contributed by atoms with E-state index in [1.807, 2.05) is 44.2 Å². The first-order chi connectivity index (χ1) is 12.2. The van der Waals surface area contributed by atoms with E-state index in [0.29, 0.717) is 12.0 Å². The molecule has 0 saturated carbocycles. The Morgan fingerprint density at radius 3 is 2.56 bits per heavy atom. The standard InChI is InChI=1S/C19H22N4O2/c1-3-15-16(18(24)23-22-17(15)4-2)13-21-19(25)20-12-8-11-14-9-6-5-7-10-14/h5-7,9-10H,3-4,12-13H2,1-2H3,(H,23,24)(H2,20,21,25). The fourth-order valence-electron chi connectivity index (χ4n) is 2.48. The molecule has 0 aliphatic heterocycles. The van der Waals surface area contributed by atoms with Gasteiger partial charge in [-0.25, -0.2) is 9.89 Å². The lowest BCUT2D eigenvalue weighted by molar-refractivity contribution is 0.241. The maximum absolute atomic E-state index is 12.0. The molecule has 2 aromatic rings. The average Bonchev–Trinajstić information content (AvgIpc) is 2.64. The molecule has 0 aliphatic carbocycles. The zero-order valence-electron chi connectivity index (χ0n) is 14.5. The number of benzene rings is 1. The van der Waals surface area contributed by atoms with Crippen molar-refractivity contribution in [3.05, 3.63) is 63.1 Å². The molecule has 0 unspecified atom stereocenters. The molecule has 0 fully saturated rings. The first-order valence-corrected chi connectivity index (χ1v) is 8.30. The number of nitrogens with one attached hydrogen (secondary N) is 3. The van der Waals surface area contributed by atoms with Crippen LogP contribution in [0.25, 0.3) is 0 Å². The van der Waals surface area contributed by atoms with Gasteiger partial charge in [-0.1, -0.05) is 43.9 Å². The topological polar surface area (TPSA) is 86.9 Å². The highest BCUT2D eigenvalue weighted by molar-refractivity contribution is 5.74. The number of carbonyl (C=O) groups is 1. The summed E-state index contributed by atoms with van der Waals surface area (Å²) in [6.45, 7) is 4.34. The number of H-pyrrole nitrogens is 1. The summed E-state index contributed by atoms with van der Waals surface area (Å²) in [7, 11) is 0. The van der Waals surface area contributed by atoms with Gasteiger partial charge in [0.2, 0.25) is 0 Å². The monoisotopic (exact) mass is 338 g/mol. The molecule has 6 heteroatoms. The van der Waals surface area contributed by atoms with Gasteiger partial charge in [0.15, 0.2) is 0 Å². The number of aryl methyl sites for hydroxylation is 1. The third-order valence-electron chi connectivity index (χ3n) is 3.74. The van der Waals surface area contributed by atoms with Gasteiger partial charge in [-0.2, -0.15) is 5.10 Å². The molecule has 130 valence electrons. The van der Waals surface area contributed by atoms with Crippen LogP contribution >= 0.6 is 0 Å². The summed E-state index contributed by atoms with van der Waals surface area (Å²) in [5, 5.41) is 11.9. The third-order valence-corrected chi connectivity index (χ3v) is 3.74. The minimum atomic E-state index is -0.362. The van der Waals surface area contributed by atoms with E-state index in [2.05, 4.69) is 32.7 Å². The summed E-state index contributed by atoms with van der Waals surface area (Å²) < 4.78 is 0. The van der Waals surface area contributed by atoms with Gasteiger partial charge >= 0.3 is 6.03 Å². The lowest BCUT2D eigenvalue weighted by atomic mass is 10.0. The van der Waals surface area contributed by atoms with Crippen LogP contribution in [0.3, 0.4) is 0 Å². The molecule has 3 N–H and O–H groups in total. The van der Waals surface area contributed by atoms with Crippen LogP contribution in [0, 0.1) is 11.8 Å². The van der Waals surface area contributed by atoms with E-state index < -0.39 is 0 Å². The van der Waals surface area contributed by atoms with Gasteiger partial charge in [-0.15, -0.1) is 0 Å². The third kappa shape index (κ3) is 5.21. The molecular formula is C19H22N4O2. The smallest absolute Gasteiger partial charge is 0.315 e. The SMILES string of the molecule is CCc1n[nH]c(=O)c(CNC(=O)NCC#Cc2ccccc2)c1CC. The van der Waals surface area contributed by atoms with Crippen molar-refractivity contribution in [1.29, 1.82) is 0 Å². The van der Waals surface area contributed by atoms with Crippen molar-refractivity contribution in [2.24, 2.45) is 0 Å². The second-order valence-electron chi connectivity index (χ2n) is 5.37. The highest BCUT2D eigenvalue weighted by Gasteiger charge is 2.12. The summed E-state index contributed by atoms with van der Waals surface area (Å²) in [6.07, 6.45) is 1.43. The Kier molecular flexibility index (Phi) is 6.78. The van der Waals surface area contributed by atoms with Crippen LogP contribution in [0.4, 0.5) is 4.79 Å². The number of carbonyl (C=O) groups excluding carboxylic acids is 1. The molecular weight excluding hydrogens is 316 g/mol. The van der Waals surface area contributed by atoms with Crippen molar-refractivity contribution < 1.29 is 4.79 Å². The van der Waals surface area contributed by atoms with Crippen LogP contribution < -0.4 is 16.2 Å². The fourth-order valence-corrected chi connectivity index (χ4v) is 2.48. The van der Waals surface area contributed by atoms with Crippen LogP contribution in [0.15, 0.2) is 35.1 Å². The number of urea groups is 1. The largest absolute Gasteiger partial charge is 0.334 e. The van der Waals surface area contributed by atoms with Crippen molar-refractivity contribution in [1.82, 2.24) is 20.8 Å². The summed E-state index contributed by atoms with van der Waals surface area (Å²) in [5.41, 5.74) is 2.94. The molecule has 0 spiro atoms. The average molecular weight is 338 g/mol. The summed E-state index contributed by atoms with van der Waals surface area (Å²) in [4.78, 5) is 23.9. The molecule has 2 rings (SSSR count). The van der Waals surface area contributed by atoms with Crippen molar-refractivity contribution in [2.75, 3.05) is 6.54 Å². The fraction of sp³-hybridized carbons (Fsp3) is 0.316. The Bertz CT molecular complexity index is 832. The molecule has 1 aromatic heterocycles. The second-order valence-corrected chi connectivity index (χ2v) is 5.37. The Balaban J connectivity index is 1.90. The van der Waals surface area contributed by atoms with Crippen molar-refractivity contribution in [3.8, 4) is 11.8 Å². The Morgan fingerprint density at radius 1 is 1.12 bits per heavy atom. The van der Waals surface area contributed by atoms with Crippen LogP contribution in [0.5, 0.6) is 0 Å². The van der Waals surface area contributed by atoms with Crippen LogP contribution in [0.1, 0.15) is 36.2 Å². The molecule has 1 aromatic carbocycles. The molecule has 1 heterocycles. The van der Waals surface area contributed by atoms with E-state index in [9.17, 15) is 9.59 Å². The number of rotatable bonds is 5. The zero-order valence-corrected chi connectivity index (χ0v) is 14.5. The highest BCUT2D eigenvalue weighted by Crippen LogP contribution is 2.09. The predicted octanol–water partition coefficient (Wildman–Crippen LogP) is 1.75. The second kappa shape index (κ2) is 9.28. The lowest BCUT2D eigenvalue weighted by Crippen LogP contribution is -2.37. The maximum Gasteiger partial charge on any atom is 0.315 e. The van der Waals surface area contributed by atoms with E-state index in [1.165, 1.54) is 0 Å². The van der Waals surface area contributed by atoms with Gasteiger partial charge in [0.1, 0.15) is 0 Å². The first-order valence-electron chi connectivity index (χ1n) is 8.30. The molecule has 0 bridgehead atoms. The van der Waals surface area contributed by atoms with Crippen LogP contribution in [0.2, 0.25) is 0 Å². The number of hydrogen-bond acceptors (Lipinski definition) is 3. The molecule has 0 atom stereocenters. The predicted molar refractivity (Wildman–Crippen MR) is 97.2 cm³/mol. The zero-order chi connectivity index (χ0) is 18.1. The quantitative estimate of drug-likeness (QED) is 0.726. The molecule has 0 radical (unpaired) electrons. The number of amides is 2. The van der Waals surface area contributed by atoms with E-state index in [0.717, 1.165) is 23.2 Å². The summed E-state index contributed by atoms with van der Waals surface area (Å²) in [6, 6.07) is 9.18. The van der Waals surface area contributed by atoms with Gasteiger partial charge in [-0.3, -0.25) is 4.79 Å². The Hall–Kier alpha value is -3.07. The van der Waals surface area contributed by atoms with E-state index >= 15 is 0 Å².